The highest BCUT2D eigenvalue weighted by atomic mass is 32.1. The van der Waals surface area contributed by atoms with Gasteiger partial charge in [0, 0.05) is 30.8 Å². The van der Waals surface area contributed by atoms with Gasteiger partial charge in [0.2, 0.25) is 5.91 Å². The SMILES string of the molecule is CC1=C[C@@H](/C(C)=C/c2csc(C)n2)CN(C)C(=O)C[C@H](O)C(C)(C)C(=O)[C@H](C)[C@@H](O)[C@@H](C)CC=C1. The number of carbonyl (C=O) groups excluding carboxylic acids is 2. The van der Waals surface area contributed by atoms with Crippen LogP contribution in [0.3, 0.4) is 0 Å². The molecule has 6 nitrogen and oxygen atoms in total. The topological polar surface area (TPSA) is 90.7 Å². The van der Waals surface area contributed by atoms with Crippen LogP contribution in [0.25, 0.3) is 6.08 Å². The summed E-state index contributed by atoms with van der Waals surface area (Å²) in [5.74, 6) is -1.28. The molecule has 0 saturated heterocycles. The first-order chi connectivity index (χ1) is 16.2. The highest BCUT2D eigenvalue weighted by Crippen LogP contribution is 2.32. The van der Waals surface area contributed by atoms with E-state index >= 15 is 0 Å². The second-order valence-electron chi connectivity index (χ2n) is 10.7. The van der Waals surface area contributed by atoms with Crippen molar-refractivity contribution in [2.75, 3.05) is 13.6 Å². The van der Waals surface area contributed by atoms with E-state index in [-0.39, 0.29) is 29.9 Å². The van der Waals surface area contributed by atoms with Gasteiger partial charge in [0.1, 0.15) is 5.78 Å². The molecule has 194 valence electrons. The van der Waals surface area contributed by atoms with E-state index in [1.807, 2.05) is 45.2 Å². The van der Waals surface area contributed by atoms with E-state index in [4.69, 9.17) is 0 Å². The largest absolute Gasteiger partial charge is 0.392 e. The number of aliphatic hydroxyl groups excluding tert-OH is 2. The lowest BCUT2D eigenvalue weighted by atomic mass is 9.73. The average Bonchev–Trinajstić information content (AvgIpc) is 3.20. The first-order valence-electron chi connectivity index (χ1n) is 12.3. The molecule has 0 aliphatic carbocycles. The normalized spacial score (nSPS) is 29.9. The summed E-state index contributed by atoms with van der Waals surface area (Å²) >= 11 is 1.60. The molecule has 0 bridgehead atoms. The highest BCUT2D eigenvalue weighted by Gasteiger charge is 2.42. The lowest BCUT2D eigenvalue weighted by molar-refractivity contribution is -0.144. The Balaban J connectivity index is 2.44. The minimum Gasteiger partial charge on any atom is -0.392 e. The molecule has 5 atom stereocenters. The molecule has 1 aromatic rings. The van der Waals surface area contributed by atoms with Crippen LogP contribution in [0.2, 0.25) is 0 Å². The van der Waals surface area contributed by atoms with E-state index < -0.39 is 23.5 Å². The van der Waals surface area contributed by atoms with Crippen LogP contribution in [0.15, 0.2) is 34.8 Å². The predicted molar refractivity (Wildman–Crippen MR) is 143 cm³/mol. The maximum Gasteiger partial charge on any atom is 0.224 e. The quantitative estimate of drug-likeness (QED) is 0.605. The number of aryl methyl sites for hydroxylation is 1. The number of Topliss-reactive ketones (excluding diaryl/α,β-unsaturated/α-hetero) is 1. The second-order valence-corrected chi connectivity index (χ2v) is 11.7. The van der Waals surface area contributed by atoms with Crippen molar-refractivity contribution in [3.05, 3.63) is 45.5 Å². The van der Waals surface area contributed by atoms with Crippen LogP contribution in [0.1, 0.15) is 65.1 Å². The number of aliphatic hydroxyl groups is 2. The maximum absolute atomic E-state index is 13.2. The Labute approximate surface area is 214 Å². The van der Waals surface area contributed by atoms with Crippen molar-refractivity contribution in [3.63, 3.8) is 0 Å². The van der Waals surface area contributed by atoms with Crippen molar-refractivity contribution < 1.29 is 19.8 Å². The molecule has 0 saturated carbocycles. The number of amides is 1. The van der Waals surface area contributed by atoms with E-state index in [0.29, 0.717) is 13.0 Å². The van der Waals surface area contributed by atoms with Gasteiger partial charge in [0.15, 0.2) is 0 Å². The Bertz CT molecular complexity index is 991. The van der Waals surface area contributed by atoms with E-state index in [1.54, 1.807) is 44.1 Å². The maximum atomic E-state index is 13.2. The summed E-state index contributed by atoms with van der Waals surface area (Å²) in [5, 5.41) is 24.7. The van der Waals surface area contributed by atoms with Crippen LogP contribution in [0.5, 0.6) is 0 Å². The molecule has 1 aromatic heterocycles. The van der Waals surface area contributed by atoms with Gasteiger partial charge in [-0.05, 0) is 39.2 Å². The van der Waals surface area contributed by atoms with Gasteiger partial charge in [-0.2, -0.15) is 0 Å². The third kappa shape index (κ3) is 7.69. The molecular weight excluding hydrogens is 460 g/mol. The van der Waals surface area contributed by atoms with Gasteiger partial charge in [-0.15, -0.1) is 11.3 Å². The molecule has 0 spiro atoms. The summed E-state index contributed by atoms with van der Waals surface area (Å²) < 4.78 is 0. The Hall–Kier alpha value is -2.09. The van der Waals surface area contributed by atoms with Gasteiger partial charge in [-0.25, -0.2) is 4.98 Å². The van der Waals surface area contributed by atoms with Crippen molar-refractivity contribution in [3.8, 4) is 0 Å². The lowest BCUT2D eigenvalue weighted by Gasteiger charge is -2.35. The number of carbonyl (C=O) groups is 2. The van der Waals surface area contributed by atoms with Crippen LogP contribution in [0.4, 0.5) is 0 Å². The number of allylic oxidation sites excluding steroid dienone is 3. The zero-order chi connectivity index (χ0) is 26.5. The third-order valence-corrected chi connectivity index (χ3v) is 7.98. The highest BCUT2D eigenvalue weighted by molar-refractivity contribution is 7.09. The number of hydrogen-bond donors (Lipinski definition) is 2. The van der Waals surface area contributed by atoms with Crippen molar-refractivity contribution in [2.45, 2.75) is 73.5 Å². The molecule has 0 radical (unpaired) electrons. The van der Waals surface area contributed by atoms with Crippen molar-refractivity contribution in [1.29, 1.82) is 0 Å². The molecule has 0 fully saturated rings. The zero-order valence-corrected chi connectivity index (χ0v) is 23.2. The van der Waals surface area contributed by atoms with Crippen molar-refractivity contribution in [1.82, 2.24) is 9.88 Å². The molecule has 7 heteroatoms. The Morgan fingerprint density at radius 1 is 1.23 bits per heavy atom. The molecule has 0 unspecified atom stereocenters. The van der Waals surface area contributed by atoms with Crippen LogP contribution in [-0.2, 0) is 9.59 Å². The standard InChI is InChI=1S/C28H42N2O4S/c1-17-10-9-11-18(2)26(33)20(4)27(34)28(6,7)24(31)14-25(32)30(8)15-22(12-17)19(3)13-23-16-35-21(5)29-23/h9-10,12-13,16,18,20,22,24,26,31,33H,11,14-15H2,1-8H3/b10-9?,17-12?,19-13+/t18-,20+,22+,24-,26-/m0/s1. The van der Waals surface area contributed by atoms with Crippen LogP contribution < -0.4 is 0 Å². The van der Waals surface area contributed by atoms with E-state index in [1.165, 1.54) is 0 Å². The number of aromatic nitrogens is 1. The van der Waals surface area contributed by atoms with E-state index in [9.17, 15) is 19.8 Å². The molecular formula is C28H42N2O4S. The number of thiazole rings is 1. The molecule has 0 aromatic carbocycles. The van der Waals surface area contributed by atoms with Crippen molar-refractivity contribution in [2.24, 2.45) is 23.2 Å². The molecule has 2 rings (SSSR count). The predicted octanol–water partition coefficient (Wildman–Crippen LogP) is 4.82. The van der Waals surface area contributed by atoms with Crippen LogP contribution in [0, 0.1) is 30.1 Å². The zero-order valence-electron chi connectivity index (χ0n) is 22.4. The molecule has 2 N–H and O–H groups in total. The Morgan fingerprint density at radius 2 is 1.89 bits per heavy atom. The van der Waals surface area contributed by atoms with Gasteiger partial charge in [-0.3, -0.25) is 9.59 Å². The monoisotopic (exact) mass is 502 g/mol. The van der Waals surface area contributed by atoms with E-state index in [2.05, 4.69) is 17.1 Å². The minimum atomic E-state index is -1.16. The third-order valence-electron chi connectivity index (χ3n) is 7.19. The smallest absolute Gasteiger partial charge is 0.224 e. The minimum absolute atomic E-state index is 0.0432. The number of rotatable bonds is 2. The van der Waals surface area contributed by atoms with Gasteiger partial charge >= 0.3 is 0 Å². The molecule has 1 aliphatic heterocycles. The fourth-order valence-electron chi connectivity index (χ4n) is 4.47. The first-order valence-corrected chi connectivity index (χ1v) is 13.2. The van der Waals surface area contributed by atoms with Crippen LogP contribution in [-0.4, -0.2) is 57.6 Å². The van der Waals surface area contributed by atoms with Crippen molar-refractivity contribution >= 4 is 29.1 Å². The molecule has 1 aliphatic rings. The lowest BCUT2D eigenvalue weighted by Crippen LogP contribution is -2.46. The number of nitrogens with zero attached hydrogens (tertiary/aromatic N) is 2. The second kappa shape index (κ2) is 12.2. The average molecular weight is 503 g/mol. The van der Waals surface area contributed by atoms with E-state index in [0.717, 1.165) is 21.8 Å². The van der Waals surface area contributed by atoms with Gasteiger partial charge in [-0.1, -0.05) is 57.1 Å². The molecule has 35 heavy (non-hydrogen) atoms. The van der Waals surface area contributed by atoms with Gasteiger partial charge in [0.05, 0.1) is 34.7 Å². The fraction of sp³-hybridized carbons (Fsp3) is 0.607. The van der Waals surface area contributed by atoms with Gasteiger partial charge < -0.3 is 15.1 Å². The fourth-order valence-corrected chi connectivity index (χ4v) is 5.04. The number of ketones is 1. The summed E-state index contributed by atoms with van der Waals surface area (Å²) in [4.78, 5) is 32.4. The number of hydrogen-bond acceptors (Lipinski definition) is 6. The summed E-state index contributed by atoms with van der Waals surface area (Å²) in [7, 11) is 1.73. The summed E-state index contributed by atoms with van der Waals surface area (Å²) in [5.41, 5.74) is 1.88. The molecule has 1 amide bonds. The Morgan fingerprint density at radius 3 is 2.49 bits per heavy atom. The summed E-state index contributed by atoms with van der Waals surface area (Å²) in [6, 6.07) is 0. The summed E-state index contributed by atoms with van der Waals surface area (Å²) in [6.45, 7) is 13.4. The molecule has 2 heterocycles. The summed E-state index contributed by atoms with van der Waals surface area (Å²) in [6.07, 6.45) is 6.74. The first kappa shape index (κ1) is 29.1. The Kier molecular flexibility index (Phi) is 10.2. The van der Waals surface area contributed by atoms with Gasteiger partial charge in [0.25, 0.3) is 0 Å². The van der Waals surface area contributed by atoms with Crippen LogP contribution >= 0.6 is 11.3 Å².